The minimum Gasteiger partial charge on any atom is -0.386 e. The Morgan fingerprint density at radius 3 is 2.55 bits per heavy atom. The monoisotopic (exact) mass is 321 g/mol. The number of hydrogen-bond donors (Lipinski definition) is 1. The lowest BCUT2D eigenvalue weighted by Gasteiger charge is -2.48. The summed E-state index contributed by atoms with van der Waals surface area (Å²) in [6, 6.07) is 7.51. The van der Waals surface area contributed by atoms with Crippen LogP contribution in [0.3, 0.4) is 0 Å². The number of nitrogens with zero attached hydrogens (tertiary/aromatic N) is 1. The highest BCUT2D eigenvalue weighted by Crippen LogP contribution is 2.46. The van der Waals surface area contributed by atoms with E-state index < -0.39 is 5.60 Å². The molecule has 3 aliphatic rings. The molecule has 2 aliphatic heterocycles. The second kappa shape index (κ2) is 5.22. The van der Waals surface area contributed by atoms with Crippen LogP contribution in [0.15, 0.2) is 24.3 Å². The molecular formula is C17H20ClNO3. The largest absolute Gasteiger partial charge is 0.386 e. The molecule has 1 aromatic rings. The Labute approximate surface area is 135 Å². The lowest BCUT2D eigenvalue weighted by atomic mass is 9.85. The van der Waals surface area contributed by atoms with Gasteiger partial charge in [0, 0.05) is 11.6 Å². The molecule has 1 aliphatic carbocycles. The summed E-state index contributed by atoms with van der Waals surface area (Å²) in [5.74, 6) is 0.371. The number of benzene rings is 1. The molecule has 0 bridgehead atoms. The maximum atomic E-state index is 12.7. The molecule has 1 amide bonds. The molecule has 0 aromatic heterocycles. The van der Waals surface area contributed by atoms with E-state index in [0.29, 0.717) is 30.6 Å². The molecule has 4 rings (SSSR count). The van der Waals surface area contributed by atoms with Crippen LogP contribution in [-0.2, 0) is 9.53 Å². The minimum absolute atomic E-state index is 0.114. The van der Waals surface area contributed by atoms with Crippen LogP contribution in [0.5, 0.6) is 0 Å². The third kappa shape index (κ3) is 2.43. The van der Waals surface area contributed by atoms with Gasteiger partial charge in [-0.2, -0.15) is 0 Å². The standard InChI is InChI=1S/C17H20ClNO3/c18-13-5-1-11(2-6-13)15-14(7-8-22-15)16(20)19-9-17(21,10-19)12-3-4-12/h1-2,5-6,12,14-15,21H,3-4,7-10H2/t14-,15+/m1/s1. The SMILES string of the molecule is O=C([C@@H]1CCO[C@H]1c1ccc(Cl)cc1)N1CC(O)(C2CC2)C1. The molecule has 3 fully saturated rings. The molecule has 2 saturated heterocycles. The summed E-state index contributed by atoms with van der Waals surface area (Å²) in [5.41, 5.74) is 0.378. The molecule has 22 heavy (non-hydrogen) atoms. The van der Waals surface area contributed by atoms with Gasteiger partial charge >= 0.3 is 0 Å². The number of ether oxygens (including phenoxy) is 1. The third-order valence-electron chi connectivity index (χ3n) is 5.19. The van der Waals surface area contributed by atoms with E-state index in [1.807, 2.05) is 24.3 Å². The van der Waals surface area contributed by atoms with E-state index in [1.54, 1.807) is 4.90 Å². The lowest BCUT2D eigenvalue weighted by Crippen LogP contribution is -2.65. The van der Waals surface area contributed by atoms with E-state index in [0.717, 1.165) is 24.8 Å². The summed E-state index contributed by atoms with van der Waals surface area (Å²) in [6.45, 7) is 1.57. The molecule has 2 heterocycles. The number of carbonyl (C=O) groups is 1. The van der Waals surface area contributed by atoms with Crippen molar-refractivity contribution in [1.29, 1.82) is 0 Å². The van der Waals surface area contributed by atoms with Crippen molar-refractivity contribution in [3.05, 3.63) is 34.9 Å². The van der Waals surface area contributed by atoms with Gasteiger partial charge in [0.25, 0.3) is 0 Å². The van der Waals surface area contributed by atoms with Crippen molar-refractivity contribution < 1.29 is 14.6 Å². The zero-order valence-corrected chi connectivity index (χ0v) is 13.1. The van der Waals surface area contributed by atoms with Crippen LogP contribution in [0.1, 0.15) is 30.9 Å². The van der Waals surface area contributed by atoms with Crippen molar-refractivity contribution in [1.82, 2.24) is 4.90 Å². The van der Waals surface area contributed by atoms with Crippen LogP contribution in [0.25, 0.3) is 0 Å². The second-order valence-electron chi connectivity index (χ2n) is 6.81. The van der Waals surface area contributed by atoms with Crippen molar-refractivity contribution in [3.63, 3.8) is 0 Å². The first-order valence-corrected chi connectivity index (χ1v) is 8.33. The fourth-order valence-electron chi connectivity index (χ4n) is 3.71. The Kier molecular flexibility index (Phi) is 3.44. The number of likely N-dealkylation sites (tertiary alicyclic amines) is 1. The topological polar surface area (TPSA) is 49.8 Å². The minimum atomic E-state index is -0.620. The Morgan fingerprint density at radius 1 is 1.23 bits per heavy atom. The highest BCUT2D eigenvalue weighted by molar-refractivity contribution is 6.30. The quantitative estimate of drug-likeness (QED) is 0.930. The summed E-state index contributed by atoms with van der Waals surface area (Å²) in [6.07, 6.45) is 2.74. The molecule has 1 N–H and O–H groups in total. The summed E-state index contributed by atoms with van der Waals surface area (Å²) in [5, 5.41) is 11.1. The van der Waals surface area contributed by atoms with Gasteiger partial charge in [0.1, 0.15) is 5.60 Å². The van der Waals surface area contributed by atoms with Gasteiger partial charge in [0.15, 0.2) is 0 Å². The van der Waals surface area contributed by atoms with Gasteiger partial charge in [-0.25, -0.2) is 0 Å². The molecule has 0 radical (unpaired) electrons. The number of β-amino-alcohol motifs (C(OH)–C–C–N with tert-alkyl or cyclic N) is 1. The number of aliphatic hydroxyl groups is 1. The van der Waals surface area contributed by atoms with E-state index in [2.05, 4.69) is 0 Å². The second-order valence-corrected chi connectivity index (χ2v) is 7.25. The third-order valence-corrected chi connectivity index (χ3v) is 5.44. The van der Waals surface area contributed by atoms with Crippen molar-refractivity contribution in [2.75, 3.05) is 19.7 Å². The number of hydrogen-bond acceptors (Lipinski definition) is 3. The zero-order valence-electron chi connectivity index (χ0n) is 12.4. The maximum absolute atomic E-state index is 12.7. The van der Waals surface area contributed by atoms with Crippen molar-refractivity contribution in [3.8, 4) is 0 Å². The number of rotatable bonds is 3. The van der Waals surface area contributed by atoms with Crippen LogP contribution in [0.2, 0.25) is 5.02 Å². The summed E-state index contributed by atoms with van der Waals surface area (Å²) >= 11 is 5.92. The fraction of sp³-hybridized carbons (Fsp3) is 0.588. The van der Waals surface area contributed by atoms with Crippen LogP contribution >= 0.6 is 11.6 Å². The van der Waals surface area contributed by atoms with Gasteiger partial charge in [-0.15, -0.1) is 0 Å². The summed E-state index contributed by atoms with van der Waals surface area (Å²) < 4.78 is 5.79. The van der Waals surface area contributed by atoms with Gasteiger partial charge in [0.2, 0.25) is 5.91 Å². The molecule has 118 valence electrons. The van der Waals surface area contributed by atoms with Crippen molar-refractivity contribution >= 4 is 17.5 Å². The van der Waals surface area contributed by atoms with Gasteiger partial charge < -0.3 is 14.7 Å². The van der Waals surface area contributed by atoms with Crippen molar-refractivity contribution in [2.45, 2.75) is 31.0 Å². The number of halogens is 1. The average molecular weight is 322 g/mol. The Balaban J connectivity index is 1.45. The van der Waals surface area contributed by atoms with E-state index in [1.165, 1.54) is 0 Å². The average Bonchev–Trinajstić information content (AvgIpc) is 3.22. The maximum Gasteiger partial charge on any atom is 0.228 e. The Bertz CT molecular complexity index is 578. The highest BCUT2D eigenvalue weighted by atomic mass is 35.5. The number of carbonyl (C=O) groups excluding carboxylic acids is 1. The van der Waals surface area contributed by atoms with E-state index in [4.69, 9.17) is 16.3 Å². The lowest BCUT2D eigenvalue weighted by molar-refractivity contribution is -0.165. The predicted molar refractivity (Wildman–Crippen MR) is 82.5 cm³/mol. The van der Waals surface area contributed by atoms with Crippen LogP contribution in [0.4, 0.5) is 0 Å². The molecule has 0 unspecified atom stereocenters. The molecule has 4 nitrogen and oxygen atoms in total. The Morgan fingerprint density at radius 2 is 1.91 bits per heavy atom. The normalized spacial score (nSPS) is 30.2. The van der Waals surface area contributed by atoms with Gasteiger partial charge in [-0.1, -0.05) is 23.7 Å². The van der Waals surface area contributed by atoms with Gasteiger partial charge in [0.05, 0.1) is 25.1 Å². The smallest absolute Gasteiger partial charge is 0.228 e. The van der Waals surface area contributed by atoms with E-state index in [9.17, 15) is 9.90 Å². The molecule has 2 atom stereocenters. The van der Waals surface area contributed by atoms with Gasteiger partial charge in [-0.05, 0) is 42.9 Å². The first kappa shape index (κ1) is 14.5. The summed E-state index contributed by atoms with van der Waals surface area (Å²) in [7, 11) is 0. The molecule has 1 saturated carbocycles. The number of amides is 1. The van der Waals surface area contributed by atoms with E-state index in [-0.39, 0.29) is 17.9 Å². The fourth-order valence-corrected chi connectivity index (χ4v) is 3.83. The first-order valence-electron chi connectivity index (χ1n) is 7.95. The van der Waals surface area contributed by atoms with Gasteiger partial charge in [-0.3, -0.25) is 4.79 Å². The summed E-state index contributed by atoms with van der Waals surface area (Å²) in [4.78, 5) is 14.5. The predicted octanol–water partition coefficient (Wildman–Crippen LogP) is 2.40. The van der Waals surface area contributed by atoms with Crippen LogP contribution in [-0.4, -0.2) is 41.2 Å². The van der Waals surface area contributed by atoms with Crippen LogP contribution in [0, 0.1) is 11.8 Å². The highest BCUT2D eigenvalue weighted by Gasteiger charge is 2.54. The zero-order chi connectivity index (χ0) is 15.3. The van der Waals surface area contributed by atoms with Crippen molar-refractivity contribution in [2.24, 2.45) is 11.8 Å². The molecule has 1 aromatic carbocycles. The molecule has 0 spiro atoms. The molecule has 5 heteroatoms. The Hall–Kier alpha value is -1.10. The first-order chi connectivity index (χ1) is 10.6. The molecular weight excluding hydrogens is 302 g/mol. The van der Waals surface area contributed by atoms with Crippen LogP contribution < -0.4 is 0 Å². The van der Waals surface area contributed by atoms with E-state index >= 15 is 0 Å².